The maximum absolute atomic E-state index is 12.8. The quantitative estimate of drug-likeness (QED) is 0.596. The van der Waals surface area contributed by atoms with Gasteiger partial charge >= 0.3 is 0 Å². The molecule has 5 nitrogen and oxygen atoms in total. The Balaban J connectivity index is 1.61. The molecule has 7 heteroatoms. The zero-order valence-electron chi connectivity index (χ0n) is 17.3. The third-order valence-corrected chi connectivity index (χ3v) is 7.17. The highest BCUT2D eigenvalue weighted by Crippen LogP contribution is 2.27. The minimum atomic E-state index is -0.189. The average Bonchev–Trinajstić information content (AvgIpc) is 3.21. The van der Waals surface area contributed by atoms with Crippen LogP contribution in [-0.4, -0.2) is 40.5 Å². The SMILES string of the molecule is CC(C)c1csc(NC(=O)c2ccccc2SCC(=O)N(C)C2CCCCC2)n1. The Kier molecular flexibility index (Phi) is 7.72. The molecule has 1 saturated carbocycles. The number of thioether (sulfide) groups is 1. The third-order valence-electron chi connectivity index (χ3n) is 5.33. The molecule has 0 atom stereocenters. The van der Waals surface area contributed by atoms with Gasteiger partial charge in [0.15, 0.2) is 5.13 Å². The van der Waals surface area contributed by atoms with Crippen molar-refractivity contribution in [2.24, 2.45) is 0 Å². The van der Waals surface area contributed by atoms with Gasteiger partial charge in [0.25, 0.3) is 5.91 Å². The molecule has 156 valence electrons. The van der Waals surface area contributed by atoms with E-state index in [-0.39, 0.29) is 11.8 Å². The first-order valence-corrected chi connectivity index (χ1v) is 12.1. The molecule has 0 radical (unpaired) electrons. The number of amides is 2. The van der Waals surface area contributed by atoms with E-state index in [0.29, 0.717) is 28.4 Å². The molecule has 0 bridgehead atoms. The van der Waals surface area contributed by atoms with E-state index in [1.165, 1.54) is 42.4 Å². The van der Waals surface area contributed by atoms with Crippen molar-refractivity contribution in [3.8, 4) is 0 Å². The smallest absolute Gasteiger partial charge is 0.258 e. The van der Waals surface area contributed by atoms with E-state index in [4.69, 9.17) is 0 Å². The molecule has 1 aromatic carbocycles. The van der Waals surface area contributed by atoms with Gasteiger partial charge in [0, 0.05) is 23.4 Å². The zero-order chi connectivity index (χ0) is 20.8. The summed E-state index contributed by atoms with van der Waals surface area (Å²) in [4.78, 5) is 32.6. The second-order valence-corrected chi connectivity index (χ2v) is 9.64. The summed E-state index contributed by atoms with van der Waals surface area (Å²) in [6.07, 6.45) is 5.87. The van der Waals surface area contributed by atoms with Gasteiger partial charge in [0.1, 0.15) is 0 Å². The van der Waals surface area contributed by atoms with Crippen LogP contribution < -0.4 is 5.32 Å². The van der Waals surface area contributed by atoms with Gasteiger partial charge in [0.2, 0.25) is 5.91 Å². The lowest BCUT2D eigenvalue weighted by molar-refractivity contribution is -0.129. The van der Waals surface area contributed by atoms with Gasteiger partial charge in [-0.25, -0.2) is 4.98 Å². The molecule has 3 rings (SSSR count). The Morgan fingerprint density at radius 3 is 2.66 bits per heavy atom. The van der Waals surface area contributed by atoms with Crippen LogP contribution in [0.5, 0.6) is 0 Å². The summed E-state index contributed by atoms with van der Waals surface area (Å²) in [7, 11) is 1.91. The fourth-order valence-corrected chi connectivity index (χ4v) is 5.31. The van der Waals surface area contributed by atoms with Crippen LogP contribution in [0, 0.1) is 0 Å². The van der Waals surface area contributed by atoms with E-state index < -0.39 is 0 Å². The lowest BCUT2D eigenvalue weighted by Crippen LogP contribution is -2.39. The highest BCUT2D eigenvalue weighted by molar-refractivity contribution is 8.00. The molecule has 0 spiro atoms. The highest BCUT2D eigenvalue weighted by atomic mass is 32.2. The maximum Gasteiger partial charge on any atom is 0.258 e. The Morgan fingerprint density at radius 2 is 1.97 bits per heavy atom. The maximum atomic E-state index is 12.8. The van der Waals surface area contributed by atoms with E-state index in [1.54, 1.807) is 6.07 Å². The van der Waals surface area contributed by atoms with E-state index in [9.17, 15) is 9.59 Å². The van der Waals surface area contributed by atoms with Gasteiger partial charge < -0.3 is 4.90 Å². The summed E-state index contributed by atoms with van der Waals surface area (Å²) >= 11 is 2.86. The number of hydrogen-bond donors (Lipinski definition) is 1. The van der Waals surface area contributed by atoms with E-state index in [0.717, 1.165) is 23.4 Å². The van der Waals surface area contributed by atoms with Crippen molar-refractivity contribution in [1.29, 1.82) is 0 Å². The summed E-state index contributed by atoms with van der Waals surface area (Å²) in [6.45, 7) is 4.15. The van der Waals surface area contributed by atoms with Crippen molar-refractivity contribution < 1.29 is 9.59 Å². The van der Waals surface area contributed by atoms with Crippen LogP contribution in [0.25, 0.3) is 0 Å². The second-order valence-electron chi connectivity index (χ2n) is 7.77. The summed E-state index contributed by atoms with van der Waals surface area (Å²) in [5.74, 6) is 0.600. The minimum Gasteiger partial charge on any atom is -0.342 e. The standard InChI is InChI=1S/C22H29N3O2S2/c1-15(2)18-13-29-22(23-18)24-21(27)17-11-7-8-12-19(17)28-14-20(26)25(3)16-9-5-4-6-10-16/h7-8,11-13,15-16H,4-6,9-10,14H2,1-3H3,(H,23,24,27). The Labute approximate surface area is 181 Å². The number of rotatable bonds is 7. The summed E-state index contributed by atoms with van der Waals surface area (Å²) in [6, 6.07) is 7.79. The largest absolute Gasteiger partial charge is 0.342 e. The molecule has 1 aliphatic carbocycles. The summed E-state index contributed by atoms with van der Waals surface area (Å²) < 4.78 is 0. The number of carbonyl (C=O) groups excluding carboxylic acids is 2. The summed E-state index contributed by atoms with van der Waals surface area (Å²) in [5, 5.41) is 5.47. The first-order valence-electron chi connectivity index (χ1n) is 10.2. The van der Waals surface area contributed by atoms with Crippen molar-refractivity contribution in [3.63, 3.8) is 0 Å². The molecule has 0 aliphatic heterocycles. The molecule has 2 aromatic rings. The van der Waals surface area contributed by atoms with E-state index in [1.807, 2.05) is 35.5 Å². The second kappa shape index (κ2) is 10.3. The van der Waals surface area contributed by atoms with Crippen LogP contribution in [0.1, 0.15) is 67.9 Å². The number of hydrogen-bond acceptors (Lipinski definition) is 5. The van der Waals surface area contributed by atoms with Crippen LogP contribution >= 0.6 is 23.1 Å². The Bertz CT molecular complexity index is 844. The fourth-order valence-electron chi connectivity index (χ4n) is 3.47. The van der Waals surface area contributed by atoms with Crippen molar-refractivity contribution in [3.05, 3.63) is 40.9 Å². The molecule has 1 aromatic heterocycles. The molecule has 1 fully saturated rings. The molecule has 0 unspecified atom stereocenters. The van der Waals surface area contributed by atoms with Crippen molar-refractivity contribution >= 4 is 40.0 Å². The van der Waals surface area contributed by atoms with Crippen molar-refractivity contribution in [2.75, 3.05) is 18.1 Å². The molecular formula is C22H29N3O2S2. The molecule has 1 heterocycles. The van der Waals surface area contributed by atoms with Crippen LogP contribution in [0.3, 0.4) is 0 Å². The lowest BCUT2D eigenvalue weighted by atomic mass is 9.94. The first-order chi connectivity index (χ1) is 14.0. The van der Waals surface area contributed by atoms with Crippen LogP contribution in [0.15, 0.2) is 34.5 Å². The van der Waals surface area contributed by atoms with Crippen LogP contribution in [-0.2, 0) is 4.79 Å². The lowest BCUT2D eigenvalue weighted by Gasteiger charge is -2.31. The van der Waals surface area contributed by atoms with Gasteiger partial charge in [-0.2, -0.15) is 0 Å². The molecule has 1 N–H and O–H groups in total. The highest BCUT2D eigenvalue weighted by Gasteiger charge is 2.22. The number of carbonyl (C=O) groups is 2. The molecule has 1 aliphatic rings. The molecule has 2 amide bonds. The van der Waals surface area contributed by atoms with Gasteiger partial charge in [-0.3, -0.25) is 14.9 Å². The number of thiazole rings is 1. The van der Waals surface area contributed by atoms with Gasteiger partial charge in [0.05, 0.1) is 17.0 Å². The fraction of sp³-hybridized carbons (Fsp3) is 0.500. The number of nitrogens with one attached hydrogen (secondary N) is 1. The van der Waals surface area contributed by atoms with Gasteiger partial charge in [-0.15, -0.1) is 23.1 Å². The number of benzene rings is 1. The topological polar surface area (TPSA) is 62.3 Å². The van der Waals surface area contributed by atoms with Gasteiger partial charge in [-0.05, 0) is 30.9 Å². The van der Waals surface area contributed by atoms with Gasteiger partial charge in [-0.1, -0.05) is 45.2 Å². The van der Waals surface area contributed by atoms with E-state index in [2.05, 4.69) is 24.1 Å². The third kappa shape index (κ3) is 5.82. The molecular weight excluding hydrogens is 402 g/mol. The molecule has 29 heavy (non-hydrogen) atoms. The zero-order valence-corrected chi connectivity index (χ0v) is 18.9. The minimum absolute atomic E-state index is 0.124. The van der Waals surface area contributed by atoms with Crippen LogP contribution in [0.4, 0.5) is 5.13 Å². The number of aromatic nitrogens is 1. The predicted molar refractivity (Wildman–Crippen MR) is 121 cm³/mol. The Hall–Kier alpha value is -1.86. The summed E-state index contributed by atoms with van der Waals surface area (Å²) in [5.41, 5.74) is 1.55. The van der Waals surface area contributed by atoms with Crippen LogP contribution in [0.2, 0.25) is 0 Å². The van der Waals surface area contributed by atoms with E-state index >= 15 is 0 Å². The average molecular weight is 432 g/mol. The monoisotopic (exact) mass is 431 g/mol. The Morgan fingerprint density at radius 1 is 1.24 bits per heavy atom. The normalized spacial score (nSPS) is 14.8. The molecule has 0 saturated heterocycles. The number of anilines is 1. The number of nitrogens with zero attached hydrogens (tertiary/aromatic N) is 2. The van der Waals surface area contributed by atoms with Crippen molar-refractivity contribution in [2.45, 2.75) is 62.8 Å². The van der Waals surface area contributed by atoms with Crippen molar-refractivity contribution in [1.82, 2.24) is 9.88 Å². The first kappa shape index (κ1) is 21.8. The predicted octanol–water partition coefficient (Wildman–Crippen LogP) is 5.40.